The van der Waals surface area contributed by atoms with Crippen molar-refractivity contribution in [2.75, 3.05) is 31.1 Å². The van der Waals surface area contributed by atoms with E-state index in [2.05, 4.69) is 50.4 Å². The number of rotatable bonds is 3. The Balaban J connectivity index is 1.53. The minimum Gasteiger partial charge on any atom is -0.369 e. The Morgan fingerprint density at radius 2 is 1.91 bits per heavy atom. The van der Waals surface area contributed by atoms with Gasteiger partial charge in [-0.3, -0.25) is 9.88 Å². The van der Waals surface area contributed by atoms with Crippen molar-refractivity contribution in [3.05, 3.63) is 59.4 Å². The number of hydrogen-bond acceptors (Lipinski definition) is 4. The van der Waals surface area contributed by atoms with Crippen molar-refractivity contribution in [2.24, 2.45) is 0 Å². The van der Waals surface area contributed by atoms with E-state index >= 15 is 0 Å². The average Bonchev–Trinajstić information content (AvgIpc) is 2.99. The molecule has 3 heterocycles. The molecule has 1 aromatic carbocycles. The third-order valence-corrected chi connectivity index (χ3v) is 4.59. The maximum absolute atomic E-state index is 4.46. The van der Waals surface area contributed by atoms with Gasteiger partial charge >= 0.3 is 0 Å². The number of nitrogens with zero attached hydrogens (tertiary/aromatic N) is 3. The van der Waals surface area contributed by atoms with Crippen LogP contribution in [0.15, 0.2) is 42.6 Å². The summed E-state index contributed by atoms with van der Waals surface area (Å²) < 4.78 is 0. The molecule has 1 N–H and O–H groups in total. The highest BCUT2D eigenvalue weighted by molar-refractivity contribution is 5.58. The quantitative estimate of drug-likeness (QED) is 0.938. The molecule has 4 rings (SSSR count). The van der Waals surface area contributed by atoms with Crippen LogP contribution in [0.2, 0.25) is 0 Å². The molecule has 1 fully saturated rings. The van der Waals surface area contributed by atoms with Crippen LogP contribution in [0.25, 0.3) is 0 Å². The lowest BCUT2D eigenvalue weighted by Gasteiger charge is -2.31. The zero-order chi connectivity index (χ0) is 14.8. The first-order chi connectivity index (χ1) is 10.9. The van der Waals surface area contributed by atoms with E-state index in [0.29, 0.717) is 0 Å². The number of piperazine rings is 1. The summed E-state index contributed by atoms with van der Waals surface area (Å²) in [6, 6.07) is 12.9. The van der Waals surface area contributed by atoms with Gasteiger partial charge in [0.15, 0.2) is 0 Å². The van der Waals surface area contributed by atoms with Gasteiger partial charge in [0.25, 0.3) is 0 Å². The molecule has 0 bridgehead atoms. The zero-order valence-electron chi connectivity index (χ0n) is 12.8. The van der Waals surface area contributed by atoms with Crippen LogP contribution in [-0.2, 0) is 19.6 Å². The van der Waals surface area contributed by atoms with Gasteiger partial charge in [0, 0.05) is 57.7 Å². The normalized spacial score (nSPS) is 18.5. The van der Waals surface area contributed by atoms with Gasteiger partial charge in [-0.05, 0) is 29.3 Å². The van der Waals surface area contributed by atoms with Crippen LogP contribution in [0.3, 0.4) is 0 Å². The van der Waals surface area contributed by atoms with Gasteiger partial charge in [0.2, 0.25) is 0 Å². The highest BCUT2D eigenvalue weighted by atomic mass is 15.2. The van der Waals surface area contributed by atoms with Crippen LogP contribution in [0.1, 0.15) is 16.8 Å². The summed E-state index contributed by atoms with van der Waals surface area (Å²) >= 11 is 0. The zero-order valence-corrected chi connectivity index (χ0v) is 12.8. The Morgan fingerprint density at radius 3 is 2.73 bits per heavy atom. The fourth-order valence-electron chi connectivity index (χ4n) is 3.51. The van der Waals surface area contributed by atoms with Gasteiger partial charge in [-0.1, -0.05) is 18.2 Å². The number of hydrogen-bond donors (Lipinski definition) is 1. The third-order valence-electron chi connectivity index (χ3n) is 4.59. The van der Waals surface area contributed by atoms with Crippen molar-refractivity contribution in [3.63, 3.8) is 0 Å². The lowest BCUT2D eigenvalue weighted by atomic mass is 10.1. The first kappa shape index (κ1) is 13.7. The molecule has 22 heavy (non-hydrogen) atoms. The van der Waals surface area contributed by atoms with Crippen molar-refractivity contribution in [1.82, 2.24) is 15.2 Å². The number of anilines is 1. The molecule has 0 spiro atoms. The van der Waals surface area contributed by atoms with Crippen LogP contribution in [-0.4, -0.2) is 36.1 Å². The van der Waals surface area contributed by atoms with Crippen molar-refractivity contribution >= 4 is 5.69 Å². The number of benzene rings is 1. The molecule has 114 valence electrons. The van der Waals surface area contributed by atoms with E-state index in [1.54, 1.807) is 0 Å². The molecule has 0 amide bonds. The van der Waals surface area contributed by atoms with E-state index < -0.39 is 0 Å². The molecule has 2 aliphatic rings. The molecule has 0 atom stereocenters. The third kappa shape index (κ3) is 2.72. The maximum Gasteiger partial charge on any atom is 0.0544 e. The second-order valence-corrected chi connectivity index (χ2v) is 6.12. The van der Waals surface area contributed by atoms with Crippen molar-refractivity contribution in [2.45, 2.75) is 19.6 Å². The summed E-state index contributed by atoms with van der Waals surface area (Å²) in [4.78, 5) is 9.47. The Kier molecular flexibility index (Phi) is 3.79. The van der Waals surface area contributed by atoms with E-state index in [9.17, 15) is 0 Å². The molecule has 0 saturated carbocycles. The minimum absolute atomic E-state index is 0.927. The molecule has 1 saturated heterocycles. The molecule has 0 aliphatic carbocycles. The van der Waals surface area contributed by atoms with E-state index in [1.807, 2.05) is 12.3 Å². The van der Waals surface area contributed by atoms with Gasteiger partial charge < -0.3 is 10.2 Å². The van der Waals surface area contributed by atoms with Gasteiger partial charge in [-0.2, -0.15) is 0 Å². The SMILES string of the molecule is c1ccc(CN2Cc3cccc(N4CCNCC4)c3C2)nc1. The Hall–Kier alpha value is -1.91. The van der Waals surface area contributed by atoms with Crippen LogP contribution >= 0.6 is 0 Å². The molecule has 4 nitrogen and oxygen atoms in total. The smallest absolute Gasteiger partial charge is 0.0544 e. The summed E-state index contributed by atoms with van der Waals surface area (Å²) in [5.41, 5.74) is 5.58. The first-order valence-electron chi connectivity index (χ1n) is 8.09. The summed E-state index contributed by atoms with van der Waals surface area (Å²) in [5.74, 6) is 0. The van der Waals surface area contributed by atoms with E-state index in [0.717, 1.165) is 51.5 Å². The lowest BCUT2D eigenvalue weighted by molar-refractivity contribution is 0.272. The van der Waals surface area contributed by atoms with E-state index in [4.69, 9.17) is 0 Å². The molecule has 2 aromatic rings. The van der Waals surface area contributed by atoms with Gasteiger partial charge in [-0.15, -0.1) is 0 Å². The second kappa shape index (κ2) is 6.07. The van der Waals surface area contributed by atoms with Crippen molar-refractivity contribution < 1.29 is 0 Å². The first-order valence-corrected chi connectivity index (χ1v) is 8.09. The number of nitrogens with one attached hydrogen (secondary N) is 1. The Labute approximate surface area is 131 Å². The highest BCUT2D eigenvalue weighted by Gasteiger charge is 2.24. The topological polar surface area (TPSA) is 31.4 Å². The fraction of sp³-hybridized carbons (Fsp3) is 0.389. The summed E-state index contributed by atoms with van der Waals surface area (Å²) in [6.45, 7) is 7.38. The molecule has 0 unspecified atom stereocenters. The van der Waals surface area contributed by atoms with Crippen LogP contribution in [0, 0.1) is 0 Å². The Bertz CT molecular complexity index is 635. The lowest BCUT2D eigenvalue weighted by Crippen LogP contribution is -2.43. The van der Waals surface area contributed by atoms with Crippen LogP contribution < -0.4 is 10.2 Å². The predicted molar refractivity (Wildman–Crippen MR) is 88.7 cm³/mol. The van der Waals surface area contributed by atoms with Gasteiger partial charge in [-0.25, -0.2) is 0 Å². The monoisotopic (exact) mass is 294 g/mol. The second-order valence-electron chi connectivity index (χ2n) is 6.12. The minimum atomic E-state index is 0.927. The molecule has 4 heteroatoms. The molecule has 2 aliphatic heterocycles. The number of fused-ring (bicyclic) bond motifs is 1. The predicted octanol–water partition coefficient (Wildman–Crippen LogP) is 2.01. The number of aromatic nitrogens is 1. The summed E-state index contributed by atoms with van der Waals surface area (Å²) in [7, 11) is 0. The summed E-state index contributed by atoms with van der Waals surface area (Å²) in [5, 5.41) is 3.43. The van der Waals surface area contributed by atoms with Crippen LogP contribution in [0.4, 0.5) is 5.69 Å². The van der Waals surface area contributed by atoms with Crippen molar-refractivity contribution in [1.29, 1.82) is 0 Å². The molecule has 1 aromatic heterocycles. The standard InChI is InChI=1S/C18H22N4/c1-2-7-20-16(5-1)13-21-12-15-4-3-6-18(17(15)14-21)22-10-8-19-9-11-22/h1-7,19H,8-14H2. The van der Waals surface area contributed by atoms with Crippen LogP contribution in [0.5, 0.6) is 0 Å². The Morgan fingerprint density at radius 1 is 1.00 bits per heavy atom. The van der Waals surface area contributed by atoms with Gasteiger partial charge in [0.05, 0.1) is 5.69 Å². The van der Waals surface area contributed by atoms with E-state index in [-0.39, 0.29) is 0 Å². The summed E-state index contributed by atoms with van der Waals surface area (Å²) in [6.07, 6.45) is 1.88. The van der Waals surface area contributed by atoms with E-state index in [1.165, 1.54) is 16.8 Å². The molecular weight excluding hydrogens is 272 g/mol. The number of pyridine rings is 1. The van der Waals surface area contributed by atoms with Crippen molar-refractivity contribution in [3.8, 4) is 0 Å². The highest BCUT2D eigenvalue weighted by Crippen LogP contribution is 2.32. The maximum atomic E-state index is 4.46. The molecular formula is C18H22N4. The fourth-order valence-corrected chi connectivity index (χ4v) is 3.51. The molecule has 0 radical (unpaired) electrons. The largest absolute Gasteiger partial charge is 0.369 e. The van der Waals surface area contributed by atoms with Gasteiger partial charge in [0.1, 0.15) is 0 Å². The average molecular weight is 294 g/mol.